The standard InChI is InChI=1S/C32H24FN5O3S/c1-34-30(39)20-10-8-19(9-11-20)28-17-25-29(42-28)27(14-15-35-25)41-26-13-12-21(16-24(26)33)23-18-36-32(38(2)31(23)40)37-22-6-4-3-5-7-22/h3-18H,1-2H3,(H,34,39)(H,36,37). The molecule has 42 heavy (non-hydrogen) atoms. The van der Waals surface area contributed by atoms with E-state index in [-0.39, 0.29) is 22.8 Å². The molecule has 1 amide bonds. The normalized spacial score (nSPS) is 10.9. The van der Waals surface area contributed by atoms with Gasteiger partial charge in [0.25, 0.3) is 11.5 Å². The number of halogens is 1. The van der Waals surface area contributed by atoms with Crippen LogP contribution in [-0.4, -0.2) is 27.5 Å². The van der Waals surface area contributed by atoms with Gasteiger partial charge in [0.1, 0.15) is 5.75 Å². The van der Waals surface area contributed by atoms with Crippen molar-refractivity contribution in [2.45, 2.75) is 0 Å². The van der Waals surface area contributed by atoms with E-state index in [1.807, 2.05) is 48.5 Å². The van der Waals surface area contributed by atoms with Crippen molar-refractivity contribution in [2.75, 3.05) is 12.4 Å². The Morgan fingerprint density at radius 1 is 0.929 bits per heavy atom. The van der Waals surface area contributed by atoms with Crippen LogP contribution >= 0.6 is 11.3 Å². The number of anilines is 2. The lowest BCUT2D eigenvalue weighted by molar-refractivity contribution is 0.0963. The van der Waals surface area contributed by atoms with Crippen LogP contribution in [-0.2, 0) is 7.05 Å². The minimum Gasteiger partial charge on any atom is -0.453 e. The Morgan fingerprint density at radius 3 is 2.43 bits per heavy atom. The number of hydrogen-bond acceptors (Lipinski definition) is 7. The maximum atomic E-state index is 15.3. The summed E-state index contributed by atoms with van der Waals surface area (Å²) in [6.45, 7) is 0. The number of thiophene rings is 1. The molecule has 6 rings (SSSR count). The fraction of sp³-hybridized carbons (Fsp3) is 0.0625. The second kappa shape index (κ2) is 11.3. The van der Waals surface area contributed by atoms with Crippen LogP contribution in [0, 0.1) is 5.82 Å². The minimum absolute atomic E-state index is 0.0169. The molecule has 0 aliphatic carbocycles. The number of amides is 1. The summed E-state index contributed by atoms with van der Waals surface area (Å²) in [4.78, 5) is 34.7. The van der Waals surface area contributed by atoms with Crippen LogP contribution in [0.2, 0.25) is 0 Å². The van der Waals surface area contributed by atoms with E-state index in [1.165, 1.54) is 34.2 Å². The Balaban J connectivity index is 1.26. The molecule has 0 radical (unpaired) electrons. The molecule has 10 heteroatoms. The van der Waals surface area contributed by atoms with Crippen molar-refractivity contribution in [2.24, 2.45) is 7.05 Å². The summed E-state index contributed by atoms with van der Waals surface area (Å²) in [6.07, 6.45) is 3.04. The first-order valence-corrected chi connectivity index (χ1v) is 13.8. The fourth-order valence-corrected chi connectivity index (χ4v) is 5.52. The molecule has 208 valence electrons. The van der Waals surface area contributed by atoms with Gasteiger partial charge in [-0.25, -0.2) is 9.37 Å². The van der Waals surface area contributed by atoms with Gasteiger partial charge >= 0.3 is 0 Å². The highest BCUT2D eigenvalue weighted by atomic mass is 32.1. The average molecular weight is 578 g/mol. The van der Waals surface area contributed by atoms with Gasteiger partial charge in [-0.2, -0.15) is 0 Å². The number of pyridine rings is 1. The van der Waals surface area contributed by atoms with Gasteiger partial charge in [-0.15, -0.1) is 11.3 Å². The summed E-state index contributed by atoms with van der Waals surface area (Å²) in [5.74, 6) is 0.0708. The Kier molecular flexibility index (Phi) is 7.20. The van der Waals surface area contributed by atoms with Crippen LogP contribution in [0.3, 0.4) is 0 Å². The highest BCUT2D eigenvalue weighted by molar-refractivity contribution is 7.22. The molecule has 0 saturated heterocycles. The van der Waals surface area contributed by atoms with Crippen molar-refractivity contribution in [1.82, 2.24) is 19.9 Å². The van der Waals surface area contributed by atoms with Crippen LogP contribution in [0.25, 0.3) is 31.8 Å². The number of carbonyl (C=O) groups excluding carboxylic acids is 1. The largest absolute Gasteiger partial charge is 0.453 e. The Bertz CT molecular complexity index is 1990. The lowest BCUT2D eigenvalue weighted by atomic mass is 10.1. The topological polar surface area (TPSA) is 98.1 Å². The number of aromatic nitrogens is 3. The number of nitrogens with zero attached hydrogens (tertiary/aromatic N) is 3. The first-order chi connectivity index (χ1) is 20.4. The number of rotatable bonds is 7. The molecule has 0 saturated carbocycles. The molecule has 0 bridgehead atoms. The second-order valence-electron chi connectivity index (χ2n) is 9.39. The van der Waals surface area contributed by atoms with Gasteiger partial charge < -0.3 is 15.4 Å². The van der Waals surface area contributed by atoms with Crippen LogP contribution in [0.4, 0.5) is 16.0 Å². The molecule has 0 unspecified atom stereocenters. The fourth-order valence-electron chi connectivity index (χ4n) is 4.45. The number of nitrogens with one attached hydrogen (secondary N) is 2. The first kappa shape index (κ1) is 26.9. The maximum Gasteiger partial charge on any atom is 0.262 e. The van der Waals surface area contributed by atoms with E-state index in [4.69, 9.17) is 4.74 Å². The Hall–Kier alpha value is -5.35. The summed E-state index contributed by atoms with van der Waals surface area (Å²) < 4.78 is 23.5. The summed E-state index contributed by atoms with van der Waals surface area (Å²) in [7, 11) is 3.20. The lowest BCUT2D eigenvalue weighted by Crippen LogP contribution is -2.22. The third-order valence-corrected chi connectivity index (χ3v) is 7.88. The molecule has 6 aromatic rings. The van der Waals surface area contributed by atoms with E-state index >= 15 is 4.39 Å². The molecular weight excluding hydrogens is 553 g/mol. The monoisotopic (exact) mass is 577 g/mol. The highest BCUT2D eigenvalue weighted by Crippen LogP contribution is 2.40. The molecule has 3 aromatic heterocycles. The van der Waals surface area contributed by atoms with Gasteiger partial charge in [0.15, 0.2) is 11.6 Å². The molecular formula is C32H24FN5O3S. The minimum atomic E-state index is -0.618. The van der Waals surface area contributed by atoms with E-state index in [2.05, 4.69) is 20.6 Å². The SMILES string of the molecule is CNC(=O)c1ccc(-c2cc3nccc(Oc4ccc(-c5cnc(Nc6ccccc6)n(C)c5=O)cc4F)c3s2)cc1. The molecule has 3 heterocycles. The van der Waals surface area contributed by atoms with Crippen LogP contribution in [0.1, 0.15) is 10.4 Å². The number of benzene rings is 3. The average Bonchev–Trinajstić information content (AvgIpc) is 3.46. The predicted molar refractivity (Wildman–Crippen MR) is 163 cm³/mol. The summed E-state index contributed by atoms with van der Waals surface area (Å²) in [6, 6.07) is 24.7. The highest BCUT2D eigenvalue weighted by Gasteiger charge is 2.16. The van der Waals surface area contributed by atoms with Crippen LogP contribution in [0.5, 0.6) is 11.5 Å². The maximum absolute atomic E-state index is 15.3. The number of fused-ring (bicyclic) bond motifs is 1. The molecule has 0 atom stereocenters. The zero-order valence-corrected chi connectivity index (χ0v) is 23.4. The summed E-state index contributed by atoms with van der Waals surface area (Å²) in [5, 5.41) is 5.72. The molecule has 0 aliphatic rings. The second-order valence-corrected chi connectivity index (χ2v) is 10.4. The van der Waals surface area contributed by atoms with Gasteiger partial charge in [-0.3, -0.25) is 19.1 Å². The van der Waals surface area contributed by atoms with Gasteiger partial charge in [0.05, 0.1) is 15.8 Å². The third kappa shape index (κ3) is 5.23. The van der Waals surface area contributed by atoms with Gasteiger partial charge in [-0.05, 0) is 53.6 Å². The van der Waals surface area contributed by atoms with E-state index in [0.29, 0.717) is 28.3 Å². The molecule has 0 fully saturated rings. The Morgan fingerprint density at radius 2 is 1.69 bits per heavy atom. The van der Waals surface area contributed by atoms with E-state index in [9.17, 15) is 9.59 Å². The van der Waals surface area contributed by atoms with Gasteiger partial charge in [0, 0.05) is 48.7 Å². The quantitative estimate of drug-likeness (QED) is 0.218. The molecule has 0 spiro atoms. The van der Waals surface area contributed by atoms with Gasteiger partial charge in [0.2, 0.25) is 5.95 Å². The predicted octanol–water partition coefficient (Wildman–Crippen LogP) is 6.76. The van der Waals surface area contributed by atoms with Crippen LogP contribution in [0.15, 0.2) is 102 Å². The first-order valence-electron chi connectivity index (χ1n) is 13.0. The number of hydrogen-bond donors (Lipinski definition) is 2. The summed E-state index contributed by atoms with van der Waals surface area (Å²) in [5.41, 5.74) is 3.32. The van der Waals surface area contributed by atoms with E-state index in [0.717, 1.165) is 20.8 Å². The van der Waals surface area contributed by atoms with E-state index < -0.39 is 5.82 Å². The summed E-state index contributed by atoms with van der Waals surface area (Å²) >= 11 is 1.46. The number of para-hydroxylation sites is 1. The van der Waals surface area contributed by atoms with Crippen molar-refractivity contribution >= 4 is 39.1 Å². The molecule has 3 aromatic carbocycles. The van der Waals surface area contributed by atoms with Gasteiger partial charge in [-0.1, -0.05) is 36.4 Å². The van der Waals surface area contributed by atoms with Crippen molar-refractivity contribution in [3.63, 3.8) is 0 Å². The Labute approximate surface area is 244 Å². The van der Waals surface area contributed by atoms with Crippen molar-refractivity contribution in [3.8, 4) is 33.1 Å². The lowest BCUT2D eigenvalue weighted by Gasteiger charge is -2.12. The number of carbonyl (C=O) groups is 1. The zero-order chi connectivity index (χ0) is 29.2. The smallest absolute Gasteiger partial charge is 0.262 e. The third-order valence-electron chi connectivity index (χ3n) is 6.70. The molecule has 2 N–H and O–H groups in total. The van der Waals surface area contributed by atoms with Crippen molar-refractivity contribution < 1.29 is 13.9 Å². The van der Waals surface area contributed by atoms with Crippen LogP contribution < -0.4 is 20.9 Å². The molecule has 8 nitrogen and oxygen atoms in total. The van der Waals surface area contributed by atoms with Crippen molar-refractivity contribution in [1.29, 1.82) is 0 Å². The van der Waals surface area contributed by atoms with Crippen molar-refractivity contribution in [3.05, 3.63) is 119 Å². The van der Waals surface area contributed by atoms with E-state index in [1.54, 1.807) is 44.6 Å². The molecule has 0 aliphatic heterocycles. The zero-order valence-electron chi connectivity index (χ0n) is 22.6. The number of ether oxygens (including phenoxy) is 1.